The molecule has 26 heavy (non-hydrogen) atoms. The molecule has 3 fully saturated rings. The molecule has 2 radical (unpaired) electrons. The Morgan fingerprint density at radius 1 is 1.00 bits per heavy atom. The van der Waals surface area contributed by atoms with Crippen LogP contribution in [0, 0.1) is 47.9 Å². The maximum atomic E-state index is 4.40. The summed E-state index contributed by atoms with van der Waals surface area (Å²) in [5, 5.41) is 0. The first-order valence-electron chi connectivity index (χ1n) is 11.3. The summed E-state index contributed by atoms with van der Waals surface area (Å²) in [4.78, 5) is 0. The van der Waals surface area contributed by atoms with Crippen LogP contribution in [0.4, 0.5) is 0 Å². The maximum absolute atomic E-state index is 4.40. The molecule has 3 unspecified atom stereocenters. The molecular weight excluding hydrogens is 312 g/mol. The van der Waals surface area contributed by atoms with Gasteiger partial charge in [0, 0.05) is 18.8 Å². The van der Waals surface area contributed by atoms with E-state index in [0.29, 0.717) is 5.41 Å². The highest BCUT2D eigenvalue weighted by molar-refractivity contribution is 5.39. The monoisotopic (exact) mass is 354 g/mol. The molecule has 0 aromatic carbocycles. The number of allylic oxidation sites excluding steroid dienone is 1. The fourth-order valence-electron chi connectivity index (χ4n) is 5.44. The highest BCUT2D eigenvalue weighted by Crippen LogP contribution is 2.65. The molecule has 3 atom stereocenters. The van der Waals surface area contributed by atoms with Crippen molar-refractivity contribution in [3.63, 3.8) is 0 Å². The van der Waals surface area contributed by atoms with Gasteiger partial charge in [0.1, 0.15) is 0 Å². The Morgan fingerprint density at radius 3 is 2.19 bits per heavy atom. The summed E-state index contributed by atoms with van der Waals surface area (Å²) in [7, 11) is 0. The molecule has 3 aliphatic carbocycles. The molecule has 3 rings (SSSR count). The molecule has 0 amide bonds. The van der Waals surface area contributed by atoms with Crippen LogP contribution in [0.1, 0.15) is 104 Å². The third kappa shape index (κ3) is 5.65. The fourth-order valence-corrected chi connectivity index (χ4v) is 5.44. The van der Waals surface area contributed by atoms with E-state index in [1.54, 1.807) is 5.92 Å². The molecule has 0 saturated heterocycles. The van der Waals surface area contributed by atoms with Gasteiger partial charge in [0.2, 0.25) is 0 Å². The van der Waals surface area contributed by atoms with Gasteiger partial charge in [0.15, 0.2) is 0 Å². The molecule has 0 aromatic heterocycles. The number of rotatable bonds is 11. The largest absolute Gasteiger partial charge is 0.103 e. The predicted octanol–water partition coefficient (Wildman–Crippen LogP) is 7.95. The first-order chi connectivity index (χ1) is 12.5. The van der Waals surface area contributed by atoms with Crippen molar-refractivity contribution in [3.8, 4) is 11.8 Å². The summed E-state index contributed by atoms with van der Waals surface area (Å²) in [5.41, 5.74) is 1.81. The quantitative estimate of drug-likeness (QED) is 0.261. The van der Waals surface area contributed by atoms with Gasteiger partial charge in [-0.05, 0) is 42.4 Å². The molecule has 0 spiro atoms. The highest BCUT2D eigenvalue weighted by atomic mass is 14.6. The smallest absolute Gasteiger partial charge is 0.0302 e. The molecule has 3 saturated carbocycles. The van der Waals surface area contributed by atoms with Crippen LogP contribution in [0.3, 0.4) is 0 Å². The van der Waals surface area contributed by atoms with Gasteiger partial charge in [0.25, 0.3) is 0 Å². The van der Waals surface area contributed by atoms with Crippen molar-refractivity contribution >= 4 is 0 Å². The molecule has 0 N–H and O–H groups in total. The molecule has 0 aromatic rings. The zero-order valence-electron chi connectivity index (χ0n) is 17.8. The van der Waals surface area contributed by atoms with E-state index in [2.05, 4.69) is 46.1 Å². The lowest BCUT2D eigenvalue weighted by Crippen LogP contribution is -2.55. The van der Waals surface area contributed by atoms with Gasteiger partial charge in [-0.15, -0.1) is 5.92 Å². The van der Waals surface area contributed by atoms with E-state index in [0.717, 1.165) is 37.0 Å². The van der Waals surface area contributed by atoms with E-state index in [9.17, 15) is 0 Å². The molecule has 3 aliphatic rings. The summed E-state index contributed by atoms with van der Waals surface area (Å²) < 4.78 is 0. The Balaban J connectivity index is 1.54. The Labute approximate surface area is 164 Å². The summed E-state index contributed by atoms with van der Waals surface area (Å²) >= 11 is 0. The van der Waals surface area contributed by atoms with Gasteiger partial charge in [-0.25, -0.2) is 0 Å². The van der Waals surface area contributed by atoms with Crippen LogP contribution in [0.5, 0.6) is 0 Å². The minimum atomic E-state index is 0.466. The fraction of sp³-hybridized carbons (Fsp3) is 0.769. The van der Waals surface area contributed by atoms with Gasteiger partial charge in [-0.2, -0.15) is 0 Å². The van der Waals surface area contributed by atoms with Crippen molar-refractivity contribution in [3.05, 3.63) is 25.0 Å². The molecule has 2 bridgehead atoms. The standard InChI is InChI=1S/C26H42/c1-6-7-8-9-10-11-12-13-14-15-16-17-18-21(2)24-23-19-20-26(4,5)25(24)22(23)3/h22-23,25H,1-2,6-15,18-20H2,3-5H3. The minimum Gasteiger partial charge on any atom is -0.103 e. The number of hydrogen-bond donors (Lipinski definition) is 0. The van der Waals surface area contributed by atoms with E-state index in [1.807, 2.05) is 0 Å². The molecule has 0 nitrogen and oxygen atoms in total. The Morgan fingerprint density at radius 2 is 1.62 bits per heavy atom. The van der Waals surface area contributed by atoms with Crippen molar-refractivity contribution in [2.45, 2.75) is 104 Å². The van der Waals surface area contributed by atoms with Crippen molar-refractivity contribution in [1.82, 2.24) is 0 Å². The molecule has 0 heteroatoms. The van der Waals surface area contributed by atoms with Crippen LogP contribution >= 0.6 is 0 Å². The second kappa shape index (κ2) is 10.6. The van der Waals surface area contributed by atoms with Gasteiger partial charge in [-0.3, -0.25) is 0 Å². The van der Waals surface area contributed by atoms with Crippen molar-refractivity contribution in [2.24, 2.45) is 23.2 Å². The Bertz CT molecular complexity index is 486. The zero-order chi connectivity index (χ0) is 19.0. The van der Waals surface area contributed by atoms with Crippen LogP contribution in [-0.4, -0.2) is 0 Å². The lowest BCUT2D eigenvalue weighted by molar-refractivity contribution is -0.0336. The molecular formula is C26H42. The Kier molecular flexibility index (Phi) is 8.79. The average Bonchev–Trinajstić information content (AvgIpc) is 2.59. The first-order valence-corrected chi connectivity index (χ1v) is 11.3. The highest BCUT2D eigenvalue weighted by Gasteiger charge is 2.58. The molecule has 0 heterocycles. The molecule has 0 aliphatic heterocycles. The SMILES string of the molecule is [CH2]CCCCCCCCCCC#CCC(=C)[C]1C2CCC(C)(C)C1C2C. The number of fused-ring (bicyclic) bond motifs is 2. The second-order valence-corrected chi connectivity index (χ2v) is 9.49. The van der Waals surface area contributed by atoms with Crippen LogP contribution in [-0.2, 0) is 0 Å². The lowest BCUT2D eigenvalue weighted by Gasteiger charge is -2.62. The van der Waals surface area contributed by atoms with Gasteiger partial charge < -0.3 is 0 Å². The predicted molar refractivity (Wildman–Crippen MR) is 115 cm³/mol. The molecule has 146 valence electrons. The zero-order valence-corrected chi connectivity index (χ0v) is 17.8. The van der Waals surface area contributed by atoms with E-state index >= 15 is 0 Å². The Hall–Kier alpha value is -0.700. The van der Waals surface area contributed by atoms with Gasteiger partial charge in [0.05, 0.1) is 0 Å². The van der Waals surface area contributed by atoms with Crippen LogP contribution < -0.4 is 0 Å². The van der Waals surface area contributed by atoms with Crippen LogP contribution in [0.2, 0.25) is 0 Å². The van der Waals surface area contributed by atoms with E-state index in [-0.39, 0.29) is 0 Å². The van der Waals surface area contributed by atoms with E-state index < -0.39 is 0 Å². The van der Waals surface area contributed by atoms with E-state index in [1.165, 1.54) is 69.8 Å². The second-order valence-electron chi connectivity index (χ2n) is 9.49. The normalized spacial score (nSPS) is 26.7. The van der Waals surface area contributed by atoms with E-state index in [4.69, 9.17) is 0 Å². The third-order valence-corrected chi connectivity index (χ3v) is 6.97. The topological polar surface area (TPSA) is 0 Å². The van der Waals surface area contributed by atoms with Crippen LogP contribution in [0.25, 0.3) is 0 Å². The van der Waals surface area contributed by atoms with Crippen molar-refractivity contribution in [1.29, 1.82) is 0 Å². The maximum Gasteiger partial charge on any atom is 0.0302 e. The summed E-state index contributed by atoms with van der Waals surface area (Å²) in [6.45, 7) is 15.6. The van der Waals surface area contributed by atoms with Crippen LogP contribution in [0.15, 0.2) is 12.2 Å². The van der Waals surface area contributed by atoms with Gasteiger partial charge in [-0.1, -0.05) is 97.1 Å². The summed E-state index contributed by atoms with van der Waals surface area (Å²) in [6.07, 6.45) is 16.7. The number of hydrogen-bond acceptors (Lipinski definition) is 0. The average molecular weight is 355 g/mol. The number of unbranched alkanes of at least 4 members (excludes halogenated alkanes) is 9. The third-order valence-electron chi connectivity index (χ3n) is 6.97. The summed E-state index contributed by atoms with van der Waals surface area (Å²) in [5.74, 6) is 10.9. The first kappa shape index (κ1) is 21.6. The van der Waals surface area contributed by atoms with Crippen molar-refractivity contribution in [2.75, 3.05) is 0 Å². The summed E-state index contributed by atoms with van der Waals surface area (Å²) in [6, 6.07) is 0. The lowest BCUT2D eigenvalue weighted by atomic mass is 9.41. The van der Waals surface area contributed by atoms with Gasteiger partial charge >= 0.3 is 0 Å². The minimum absolute atomic E-state index is 0.466. The van der Waals surface area contributed by atoms with Crippen molar-refractivity contribution < 1.29 is 0 Å².